The lowest BCUT2D eigenvalue weighted by atomic mass is 10.0. The Bertz CT molecular complexity index is 657. The van der Waals surface area contributed by atoms with Gasteiger partial charge in [-0.05, 0) is 121 Å². The molecule has 0 radical (unpaired) electrons. The second-order valence-corrected chi connectivity index (χ2v) is 17.7. The predicted octanol–water partition coefficient (Wildman–Crippen LogP) is 6.57. The van der Waals surface area contributed by atoms with Crippen LogP contribution in [0.4, 0.5) is 0 Å². The van der Waals surface area contributed by atoms with Gasteiger partial charge in [-0.3, -0.25) is 0 Å². The number of nitrogens with zero attached hydrogens (tertiary/aromatic N) is 1. The van der Waals surface area contributed by atoms with Crippen molar-refractivity contribution in [2.24, 2.45) is 51.7 Å². The van der Waals surface area contributed by atoms with Crippen LogP contribution in [0.5, 0.6) is 0 Å². The summed E-state index contributed by atoms with van der Waals surface area (Å²) in [5.74, 6) is 6.93. The maximum Gasteiger partial charge on any atom is 0.144 e. The molecule has 5 fully saturated rings. The molecule has 5 rings (SSSR count). The molecule has 212 valence electrons. The first-order valence-electron chi connectivity index (χ1n) is 14.0. The average molecular weight is 545 g/mol. The lowest BCUT2D eigenvalue weighted by Gasteiger charge is -2.24. The SMILES string of the molecule is C.C1CCOC1.CC1C[C@@H]2C(C=N[S+]([O-])C(C)(C)C)[C@@H]2C1.CC1C[C@@H]2C(CN[S+]([O-])C(C)(C)C)[C@@H]2C1. The normalized spacial score (nSPS) is 38.1. The van der Waals surface area contributed by atoms with Gasteiger partial charge in [0.1, 0.15) is 20.9 Å². The first-order valence-corrected chi connectivity index (χ1v) is 16.2. The van der Waals surface area contributed by atoms with Gasteiger partial charge in [-0.25, -0.2) is 0 Å². The molecule has 1 N–H and O–H groups in total. The van der Waals surface area contributed by atoms with E-state index in [0.29, 0.717) is 5.92 Å². The van der Waals surface area contributed by atoms with E-state index in [1.807, 2.05) is 47.8 Å². The van der Waals surface area contributed by atoms with Crippen LogP contribution in [0.15, 0.2) is 4.40 Å². The van der Waals surface area contributed by atoms with Crippen LogP contribution in [0, 0.1) is 47.3 Å². The van der Waals surface area contributed by atoms with Crippen molar-refractivity contribution in [3.05, 3.63) is 0 Å². The summed E-state index contributed by atoms with van der Waals surface area (Å²) in [6.07, 6.45) is 10.0. The molecule has 4 aliphatic carbocycles. The molecule has 0 amide bonds. The lowest BCUT2D eigenvalue weighted by Crippen LogP contribution is -2.40. The van der Waals surface area contributed by atoms with Gasteiger partial charge in [0.15, 0.2) is 0 Å². The molecule has 1 aliphatic heterocycles. The Kier molecular flexibility index (Phi) is 12.2. The summed E-state index contributed by atoms with van der Waals surface area (Å²) in [5, 5.41) is 0. The largest absolute Gasteiger partial charge is 0.598 e. The van der Waals surface area contributed by atoms with Crippen LogP contribution in [0.2, 0.25) is 0 Å². The van der Waals surface area contributed by atoms with E-state index in [4.69, 9.17) is 4.74 Å². The van der Waals surface area contributed by atoms with Crippen LogP contribution in [-0.2, 0) is 27.5 Å². The van der Waals surface area contributed by atoms with Crippen LogP contribution >= 0.6 is 0 Å². The van der Waals surface area contributed by atoms with Gasteiger partial charge in [0.25, 0.3) is 0 Å². The Morgan fingerprint density at radius 3 is 1.69 bits per heavy atom. The van der Waals surface area contributed by atoms with E-state index in [9.17, 15) is 9.11 Å². The number of fused-ring (bicyclic) bond motifs is 2. The van der Waals surface area contributed by atoms with Gasteiger partial charge in [-0.15, -0.1) is 4.72 Å². The van der Waals surface area contributed by atoms with Crippen molar-refractivity contribution in [3.8, 4) is 0 Å². The lowest BCUT2D eigenvalue weighted by molar-refractivity contribution is 0.198. The van der Waals surface area contributed by atoms with Crippen LogP contribution < -0.4 is 4.72 Å². The van der Waals surface area contributed by atoms with E-state index in [1.165, 1.54) is 38.5 Å². The number of nitrogens with one attached hydrogen (secondary N) is 1. The molecular weight excluding hydrogens is 488 g/mol. The van der Waals surface area contributed by atoms with Gasteiger partial charge in [-0.1, -0.05) is 25.7 Å². The molecule has 1 saturated heterocycles. The van der Waals surface area contributed by atoms with Crippen molar-refractivity contribution in [3.63, 3.8) is 0 Å². The summed E-state index contributed by atoms with van der Waals surface area (Å²) in [6, 6.07) is 0. The molecule has 0 aromatic rings. The monoisotopic (exact) mass is 544 g/mol. The highest BCUT2D eigenvalue weighted by Gasteiger charge is 2.55. The molecular formula is C29H56N2O3S2. The average Bonchev–Trinajstić information content (AvgIpc) is 3.30. The smallest absolute Gasteiger partial charge is 0.144 e. The molecule has 10 atom stereocenters. The molecule has 7 heteroatoms. The van der Waals surface area contributed by atoms with Gasteiger partial charge in [0.2, 0.25) is 0 Å². The highest BCUT2D eigenvalue weighted by molar-refractivity contribution is 7.91. The van der Waals surface area contributed by atoms with Crippen molar-refractivity contribution >= 4 is 28.9 Å². The van der Waals surface area contributed by atoms with E-state index in [1.54, 1.807) is 0 Å². The van der Waals surface area contributed by atoms with Gasteiger partial charge >= 0.3 is 0 Å². The maximum absolute atomic E-state index is 11.8. The van der Waals surface area contributed by atoms with Crippen molar-refractivity contribution in [2.75, 3.05) is 19.8 Å². The number of hydrogen-bond donors (Lipinski definition) is 1. The number of hydrogen-bond acceptors (Lipinski definition) is 5. The Morgan fingerprint density at radius 1 is 0.833 bits per heavy atom. The van der Waals surface area contributed by atoms with Crippen LogP contribution in [-0.4, -0.2) is 44.6 Å². The number of ether oxygens (including phenoxy) is 1. The van der Waals surface area contributed by atoms with Gasteiger partial charge in [0, 0.05) is 37.0 Å². The first-order chi connectivity index (χ1) is 16.3. The molecule has 4 saturated carbocycles. The summed E-state index contributed by atoms with van der Waals surface area (Å²) in [6.45, 7) is 19.6. The zero-order chi connectivity index (χ0) is 26.0. The number of rotatable bonds is 5. The van der Waals surface area contributed by atoms with E-state index in [0.717, 1.165) is 61.2 Å². The van der Waals surface area contributed by atoms with E-state index in [-0.39, 0.29) is 16.9 Å². The molecule has 5 aliphatic rings. The fourth-order valence-electron chi connectivity index (χ4n) is 6.12. The molecule has 1 heterocycles. The molecule has 6 unspecified atom stereocenters. The van der Waals surface area contributed by atoms with E-state index >= 15 is 0 Å². The topological polar surface area (TPSA) is 79.7 Å². The second kappa shape index (κ2) is 13.5. The maximum atomic E-state index is 11.8. The molecule has 36 heavy (non-hydrogen) atoms. The third-order valence-corrected chi connectivity index (χ3v) is 11.2. The van der Waals surface area contributed by atoms with Crippen LogP contribution in [0.3, 0.4) is 0 Å². The standard InChI is InChI=1S/C12H23NOS.C12H21NOS.C4H8O.CH4/c2*1-8-5-9-10(6-8)11(9)7-13-15(14)12(2,3)4;1-2-4-5-3-1;/h8-11,13H,5-7H2,1-4H3;7-11H,5-6H2,1-4H3;1-4H2;1H4/t2*8?,9-,10+,11?,15?;;. The van der Waals surface area contributed by atoms with Crippen molar-refractivity contribution in [2.45, 2.75) is 111 Å². The molecule has 0 aromatic carbocycles. The third-order valence-electron chi connectivity index (χ3n) is 8.29. The van der Waals surface area contributed by atoms with Crippen molar-refractivity contribution < 1.29 is 13.8 Å². The Morgan fingerprint density at radius 2 is 1.31 bits per heavy atom. The minimum absolute atomic E-state index is 0. The van der Waals surface area contributed by atoms with Crippen LogP contribution in [0.25, 0.3) is 0 Å². The fourth-order valence-corrected chi connectivity index (χ4v) is 7.46. The summed E-state index contributed by atoms with van der Waals surface area (Å²) in [4.78, 5) is 0. The Hall–Kier alpha value is 0.210. The minimum Gasteiger partial charge on any atom is -0.598 e. The summed E-state index contributed by atoms with van der Waals surface area (Å²) >= 11 is -1.95. The Labute approximate surface area is 229 Å². The second-order valence-electron chi connectivity index (χ2n) is 13.7. The highest BCUT2D eigenvalue weighted by Crippen LogP contribution is 2.59. The molecule has 0 aromatic heterocycles. The zero-order valence-corrected chi connectivity index (χ0v) is 25.2. The predicted molar refractivity (Wildman–Crippen MR) is 157 cm³/mol. The fraction of sp³-hybridized carbons (Fsp3) is 0.966. The zero-order valence-electron chi connectivity index (χ0n) is 23.5. The highest BCUT2D eigenvalue weighted by atomic mass is 32.2. The van der Waals surface area contributed by atoms with Crippen molar-refractivity contribution in [1.82, 2.24) is 4.72 Å². The first kappa shape index (κ1) is 32.4. The quantitative estimate of drug-likeness (QED) is 0.313. The summed E-state index contributed by atoms with van der Waals surface area (Å²) < 4.78 is 35.5. The third kappa shape index (κ3) is 9.44. The molecule has 5 nitrogen and oxygen atoms in total. The summed E-state index contributed by atoms with van der Waals surface area (Å²) in [5.41, 5.74) is 0. The molecule has 0 spiro atoms. The van der Waals surface area contributed by atoms with E-state index < -0.39 is 22.7 Å². The van der Waals surface area contributed by atoms with E-state index in [2.05, 4.69) is 23.0 Å². The van der Waals surface area contributed by atoms with Crippen LogP contribution in [0.1, 0.15) is 101 Å². The van der Waals surface area contributed by atoms with Gasteiger partial charge in [0.05, 0.1) is 6.21 Å². The summed E-state index contributed by atoms with van der Waals surface area (Å²) in [7, 11) is 0. The van der Waals surface area contributed by atoms with Gasteiger partial charge in [-0.2, -0.15) is 0 Å². The van der Waals surface area contributed by atoms with Crippen molar-refractivity contribution in [1.29, 1.82) is 0 Å². The van der Waals surface area contributed by atoms with Gasteiger partial charge < -0.3 is 13.8 Å². The Balaban J connectivity index is 0.000000208. The minimum atomic E-state index is -1.06. The molecule has 0 bridgehead atoms.